The second-order valence-electron chi connectivity index (χ2n) is 5.77. The zero-order chi connectivity index (χ0) is 15.2. The fraction of sp³-hybridized carbons (Fsp3) is 0.733. The van der Waals surface area contributed by atoms with Crippen molar-refractivity contribution in [3.05, 3.63) is 18.0 Å². The van der Waals surface area contributed by atoms with Crippen molar-refractivity contribution in [2.45, 2.75) is 45.3 Å². The molecule has 1 saturated carbocycles. The number of likely N-dealkylation sites (N-methyl/N-ethyl adjacent to an activating group) is 1. The van der Waals surface area contributed by atoms with Crippen molar-refractivity contribution in [1.82, 2.24) is 25.3 Å². The summed E-state index contributed by atoms with van der Waals surface area (Å²) >= 11 is 0. The SMILES string of the molecule is CCNC(=NCc1ccnn1C)NCC(C)N(C)C1CC1. The van der Waals surface area contributed by atoms with Gasteiger partial charge in [0.05, 0.1) is 12.2 Å². The zero-order valence-corrected chi connectivity index (χ0v) is 13.6. The zero-order valence-electron chi connectivity index (χ0n) is 13.6. The van der Waals surface area contributed by atoms with Gasteiger partial charge in [0.25, 0.3) is 0 Å². The van der Waals surface area contributed by atoms with Crippen LogP contribution >= 0.6 is 0 Å². The summed E-state index contributed by atoms with van der Waals surface area (Å²) in [5.41, 5.74) is 1.11. The molecule has 0 radical (unpaired) electrons. The van der Waals surface area contributed by atoms with E-state index in [0.29, 0.717) is 12.6 Å². The predicted octanol–water partition coefficient (Wildman–Crippen LogP) is 0.958. The number of aryl methyl sites for hydroxylation is 1. The number of guanidine groups is 1. The molecule has 0 aliphatic heterocycles. The highest BCUT2D eigenvalue weighted by atomic mass is 15.3. The van der Waals surface area contributed by atoms with Crippen LogP contribution in [0.15, 0.2) is 17.3 Å². The van der Waals surface area contributed by atoms with E-state index in [1.165, 1.54) is 12.8 Å². The van der Waals surface area contributed by atoms with E-state index in [4.69, 9.17) is 0 Å². The van der Waals surface area contributed by atoms with E-state index < -0.39 is 0 Å². The summed E-state index contributed by atoms with van der Waals surface area (Å²) in [6.45, 7) is 6.75. The number of nitrogens with zero attached hydrogens (tertiary/aromatic N) is 4. The maximum absolute atomic E-state index is 4.62. The first-order chi connectivity index (χ1) is 10.1. The number of nitrogens with one attached hydrogen (secondary N) is 2. The van der Waals surface area contributed by atoms with Crippen LogP contribution < -0.4 is 10.6 Å². The van der Waals surface area contributed by atoms with Crippen molar-refractivity contribution in [2.75, 3.05) is 20.1 Å². The molecule has 0 spiro atoms. The quantitative estimate of drug-likeness (QED) is 0.580. The molecule has 1 fully saturated rings. The van der Waals surface area contributed by atoms with Crippen LogP contribution in [0.1, 0.15) is 32.4 Å². The number of rotatable bonds is 7. The molecule has 6 heteroatoms. The van der Waals surface area contributed by atoms with Crippen LogP contribution in [-0.2, 0) is 13.6 Å². The Bertz CT molecular complexity index is 462. The molecule has 6 nitrogen and oxygen atoms in total. The molecule has 1 unspecified atom stereocenters. The molecule has 0 aromatic carbocycles. The molecular weight excluding hydrogens is 264 g/mol. The van der Waals surface area contributed by atoms with Gasteiger partial charge in [-0.25, -0.2) is 4.99 Å². The maximum atomic E-state index is 4.62. The fourth-order valence-electron chi connectivity index (χ4n) is 2.29. The van der Waals surface area contributed by atoms with Gasteiger partial charge in [-0.15, -0.1) is 0 Å². The third-order valence-corrected chi connectivity index (χ3v) is 4.05. The summed E-state index contributed by atoms with van der Waals surface area (Å²) in [7, 11) is 4.15. The highest BCUT2D eigenvalue weighted by molar-refractivity contribution is 5.79. The van der Waals surface area contributed by atoms with Gasteiger partial charge in [-0.3, -0.25) is 9.58 Å². The van der Waals surface area contributed by atoms with Crippen LogP contribution in [0.4, 0.5) is 0 Å². The second kappa shape index (κ2) is 7.45. The van der Waals surface area contributed by atoms with Crippen molar-refractivity contribution in [3.8, 4) is 0 Å². The van der Waals surface area contributed by atoms with Gasteiger partial charge in [-0.05, 0) is 39.8 Å². The lowest BCUT2D eigenvalue weighted by molar-refractivity contribution is 0.247. The maximum Gasteiger partial charge on any atom is 0.191 e. The van der Waals surface area contributed by atoms with Gasteiger partial charge in [0, 0.05) is 38.4 Å². The van der Waals surface area contributed by atoms with Crippen molar-refractivity contribution in [1.29, 1.82) is 0 Å². The van der Waals surface area contributed by atoms with Crippen LogP contribution in [0.2, 0.25) is 0 Å². The number of aromatic nitrogens is 2. The van der Waals surface area contributed by atoms with Crippen LogP contribution in [0.5, 0.6) is 0 Å². The van der Waals surface area contributed by atoms with Crippen LogP contribution in [0.25, 0.3) is 0 Å². The average Bonchev–Trinajstić information content (AvgIpc) is 3.24. The van der Waals surface area contributed by atoms with Crippen molar-refractivity contribution < 1.29 is 0 Å². The monoisotopic (exact) mass is 292 g/mol. The molecule has 0 amide bonds. The molecule has 1 aromatic rings. The normalized spacial score (nSPS) is 17.1. The predicted molar refractivity (Wildman–Crippen MR) is 86.3 cm³/mol. The van der Waals surface area contributed by atoms with Crippen molar-refractivity contribution >= 4 is 5.96 Å². The van der Waals surface area contributed by atoms with E-state index >= 15 is 0 Å². The molecule has 1 atom stereocenters. The molecule has 1 heterocycles. The van der Waals surface area contributed by atoms with Gasteiger partial charge in [0.1, 0.15) is 0 Å². The molecule has 1 aliphatic rings. The Hall–Kier alpha value is -1.56. The smallest absolute Gasteiger partial charge is 0.191 e. The molecule has 1 aliphatic carbocycles. The molecule has 1 aromatic heterocycles. The topological polar surface area (TPSA) is 57.5 Å². The Balaban J connectivity index is 1.84. The molecule has 118 valence electrons. The van der Waals surface area contributed by atoms with E-state index in [-0.39, 0.29) is 0 Å². The Morgan fingerprint density at radius 1 is 1.52 bits per heavy atom. The van der Waals surface area contributed by atoms with Gasteiger partial charge in [-0.2, -0.15) is 5.10 Å². The Morgan fingerprint density at radius 2 is 2.29 bits per heavy atom. The van der Waals surface area contributed by atoms with Gasteiger partial charge >= 0.3 is 0 Å². The lowest BCUT2D eigenvalue weighted by Crippen LogP contribution is -2.45. The van der Waals surface area contributed by atoms with E-state index in [0.717, 1.165) is 30.8 Å². The number of hydrogen-bond acceptors (Lipinski definition) is 3. The molecule has 0 bridgehead atoms. The lowest BCUT2D eigenvalue weighted by Gasteiger charge is -2.25. The summed E-state index contributed by atoms with van der Waals surface area (Å²) in [6.07, 6.45) is 4.49. The average molecular weight is 292 g/mol. The number of aliphatic imine (C=N–C) groups is 1. The van der Waals surface area contributed by atoms with Crippen LogP contribution in [-0.4, -0.2) is 52.9 Å². The minimum Gasteiger partial charge on any atom is -0.357 e. The summed E-state index contributed by atoms with van der Waals surface area (Å²) in [5, 5.41) is 10.9. The molecule has 2 N–H and O–H groups in total. The molecule has 21 heavy (non-hydrogen) atoms. The number of hydrogen-bond donors (Lipinski definition) is 2. The van der Waals surface area contributed by atoms with Gasteiger partial charge in [-0.1, -0.05) is 0 Å². The largest absolute Gasteiger partial charge is 0.357 e. The molecular formula is C15H28N6. The third kappa shape index (κ3) is 4.74. The van der Waals surface area contributed by atoms with E-state index in [2.05, 4.69) is 46.5 Å². The summed E-state index contributed by atoms with van der Waals surface area (Å²) < 4.78 is 1.86. The first-order valence-electron chi connectivity index (χ1n) is 7.82. The summed E-state index contributed by atoms with van der Waals surface area (Å²) in [6, 6.07) is 3.30. The Morgan fingerprint density at radius 3 is 2.86 bits per heavy atom. The molecule has 0 saturated heterocycles. The lowest BCUT2D eigenvalue weighted by atomic mass is 10.3. The van der Waals surface area contributed by atoms with Crippen molar-refractivity contribution in [2.24, 2.45) is 12.0 Å². The standard InChI is InChI=1S/C15H28N6/c1-5-16-15(18-11-14-8-9-19-21(14)4)17-10-12(2)20(3)13-6-7-13/h8-9,12-13H,5-7,10-11H2,1-4H3,(H2,16,17,18). The van der Waals surface area contributed by atoms with Gasteiger partial charge in [0.15, 0.2) is 5.96 Å². The van der Waals surface area contributed by atoms with Crippen LogP contribution in [0.3, 0.4) is 0 Å². The molecule has 2 rings (SSSR count). The highest BCUT2D eigenvalue weighted by Crippen LogP contribution is 2.26. The third-order valence-electron chi connectivity index (χ3n) is 4.05. The second-order valence-corrected chi connectivity index (χ2v) is 5.77. The highest BCUT2D eigenvalue weighted by Gasteiger charge is 2.28. The van der Waals surface area contributed by atoms with Gasteiger partial charge in [0.2, 0.25) is 0 Å². The fourth-order valence-corrected chi connectivity index (χ4v) is 2.29. The minimum atomic E-state index is 0.512. The summed E-state index contributed by atoms with van der Waals surface area (Å²) in [5.74, 6) is 0.870. The first-order valence-corrected chi connectivity index (χ1v) is 7.82. The van der Waals surface area contributed by atoms with Crippen molar-refractivity contribution in [3.63, 3.8) is 0 Å². The van der Waals surface area contributed by atoms with E-state index in [1.807, 2.05) is 17.8 Å². The Labute approximate surface area is 127 Å². The van der Waals surface area contributed by atoms with E-state index in [1.54, 1.807) is 6.20 Å². The first kappa shape index (κ1) is 15.8. The van der Waals surface area contributed by atoms with E-state index in [9.17, 15) is 0 Å². The minimum absolute atomic E-state index is 0.512. The van der Waals surface area contributed by atoms with Crippen LogP contribution in [0, 0.1) is 0 Å². The summed E-state index contributed by atoms with van der Waals surface area (Å²) in [4.78, 5) is 7.08. The van der Waals surface area contributed by atoms with Gasteiger partial charge < -0.3 is 10.6 Å². The Kier molecular flexibility index (Phi) is 5.61.